The Morgan fingerprint density at radius 2 is 1.91 bits per heavy atom. The zero-order valence-electron chi connectivity index (χ0n) is 13.7. The number of nitrogens with one attached hydrogen (secondary N) is 2. The van der Waals surface area contributed by atoms with Gasteiger partial charge in [0.1, 0.15) is 5.69 Å². The number of carbonyl (C=O) groups excluding carboxylic acids is 1. The van der Waals surface area contributed by atoms with Gasteiger partial charge in [0.2, 0.25) is 5.95 Å². The molecule has 0 bridgehead atoms. The van der Waals surface area contributed by atoms with Crippen LogP contribution in [-0.4, -0.2) is 36.1 Å². The van der Waals surface area contributed by atoms with Gasteiger partial charge in [-0.2, -0.15) is 0 Å². The van der Waals surface area contributed by atoms with Gasteiger partial charge < -0.3 is 15.4 Å². The molecule has 1 aromatic heterocycles. The van der Waals surface area contributed by atoms with Crippen LogP contribution in [0.15, 0.2) is 30.3 Å². The fourth-order valence-electron chi connectivity index (χ4n) is 2.01. The van der Waals surface area contributed by atoms with Crippen LogP contribution in [0.3, 0.4) is 0 Å². The number of rotatable bonds is 7. The Morgan fingerprint density at radius 1 is 1.17 bits per heavy atom. The predicted molar refractivity (Wildman–Crippen MR) is 89.5 cm³/mol. The molecule has 0 atom stereocenters. The van der Waals surface area contributed by atoms with E-state index in [-0.39, 0.29) is 5.91 Å². The number of aryl methyl sites for hydroxylation is 2. The molecule has 2 aromatic rings. The number of anilines is 1. The first-order valence-electron chi connectivity index (χ1n) is 7.50. The molecule has 0 aliphatic rings. The molecule has 0 saturated carbocycles. The maximum atomic E-state index is 12.1. The van der Waals surface area contributed by atoms with Gasteiger partial charge >= 0.3 is 0 Å². The van der Waals surface area contributed by atoms with Gasteiger partial charge in [0, 0.05) is 25.9 Å². The zero-order chi connectivity index (χ0) is 16.7. The Labute approximate surface area is 136 Å². The number of methoxy groups -OCH3 is 1. The lowest BCUT2D eigenvalue weighted by Gasteiger charge is -2.09. The van der Waals surface area contributed by atoms with Crippen molar-refractivity contribution in [3.8, 4) is 0 Å². The van der Waals surface area contributed by atoms with Crippen molar-refractivity contribution in [1.82, 2.24) is 15.3 Å². The number of amides is 1. The van der Waals surface area contributed by atoms with Crippen molar-refractivity contribution in [3.05, 3.63) is 52.8 Å². The largest absolute Gasteiger partial charge is 0.383 e. The van der Waals surface area contributed by atoms with E-state index in [9.17, 15) is 4.79 Å². The molecular weight excluding hydrogens is 292 g/mol. The summed E-state index contributed by atoms with van der Waals surface area (Å²) < 4.78 is 4.91. The number of carbonyl (C=O) groups is 1. The summed E-state index contributed by atoms with van der Waals surface area (Å²) >= 11 is 0. The molecule has 2 rings (SSSR count). The summed E-state index contributed by atoms with van der Waals surface area (Å²) in [5.41, 5.74) is 3.44. The lowest BCUT2D eigenvalue weighted by Crippen LogP contribution is -2.28. The third-order valence-electron chi connectivity index (χ3n) is 3.25. The molecule has 0 radical (unpaired) electrons. The van der Waals surface area contributed by atoms with Gasteiger partial charge in [0.05, 0.1) is 6.61 Å². The van der Waals surface area contributed by atoms with Crippen molar-refractivity contribution >= 4 is 11.9 Å². The first kappa shape index (κ1) is 16.9. The van der Waals surface area contributed by atoms with Crippen LogP contribution in [0.25, 0.3) is 0 Å². The number of hydrogen-bond donors (Lipinski definition) is 2. The average molecular weight is 314 g/mol. The second-order valence-corrected chi connectivity index (χ2v) is 5.31. The summed E-state index contributed by atoms with van der Waals surface area (Å²) in [5, 5.41) is 5.91. The number of ether oxygens (including phenoxy) is 1. The summed E-state index contributed by atoms with van der Waals surface area (Å²) in [7, 11) is 1.59. The third-order valence-corrected chi connectivity index (χ3v) is 3.25. The molecule has 1 amide bonds. The van der Waals surface area contributed by atoms with Crippen molar-refractivity contribution in [2.24, 2.45) is 0 Å². The topological polar surface area (TPSA) is 76.1 Å². The fourth-order valence-corrected chi connectivity index (χ4v) is 2.01. The molecule has 0 aliphatic heterocycles. The minimum absolute atomic E-state index is 0.231. The molecule has 23 heavy (non-hydrogen) atoms. The van der Waals surface area contributed by atoms with Crippen molar-refractivity contribution in [2.45, 2.75) is 20.4 Å². The van der Waals surface area contributed by atoms with Crippen LogP contribution in [-0.2, 0) is 11.3 Å². The van der Waals surface area contributed by atoms with E-state index in [1.165, 1.54) is 5.56 Å². The molecule has 0 spiro atoms. The Bertz CT molecular complexity index is 656. The first-order valence-corrected chi connectivity index (χ1v) is 7.50. The lowest BCUT2D eigenvalue weighted by atomic mass is 10.1. The molecule has 0 saturated heterocycles. The summed E-state index contributed by atoms with van der Waals surface area (Å²) in [5.74, 6) is 0.216. The Morgan fingerprint density at radius 3 is 2.61 bits per heavy atom. The molecule has 0 unspecified atom stereocenters. The third kappa shape index (κ3) is 5.34. The van der Waals surface area contributed by atoms with Crippen molar-refractivity contribution in [1.29, 1.82) is 0 Å². The molecule has 122 valence electrons. The number of nitrogens with zero attached hydrogens (tertiary/aromatic N) is 2. The number of aromatic nitrogens is 2. The van der Waals surface area contributed by atoms with E-state index in [4.69, 9.17) is 4.74 Å². The van der Waals surface area contributed by atoms with E-state index < -0.39 is 0 Å². The van der Waals surface area contributed by atoms with Gasteiger partial charge in [0.15, 0.2) is 0 Å². The number of hydrogen-bond acceptors (Lipinski definition) is 5. The average Bonchev–Trinajstić information content (AvgIpc) is 2.54. The van der Waals surface area contributed by atoms with Crippen LogP contribution in [0.2, 0.25) is 0 Å². The number of benzene rings is 1. The van der Waals surface area contributed by atoms with Gasteiger partial charge in [-0.1, -0.05) is 29.8 Å². The van der Waals surface area contributed by atoms with E-state index >= 15 is 0 Å². The molecule has 1 heterocycles. The summed E-state index contributed by atoms with van der Waals surface area (Å²) in [6, 6.07) is 9.89. The Kier molecular flexibility index (Phi) is 6.05. The van der Waals surface area contributed by atoms with Crippen molar-refractivity contribution in [2.75, 3.05) is 25.6 Å². The highest BCUT2D eigenvalue weighted by Gasteiger charge is 2.10. The highest BCUT2D eigenvalue weighted by Crippen LogP contribution is 2.08. The highest BCUT2D eigenvalue weighted by atomic mass is 16.5. The molecule has 0 aliphatic carbocycles. The monoisotopic (exact) mass is 314 g/mol. The SMILES string of the molecule is COCCNC(=O)c1cc(C)nc(NCc2ccc(C)cc2)n1. The maximum Gasteiger partial charge on any atom is 0.270 e. The summed E-state index contributed by atoms with van der Waals surface area (Å²) in [4.78, 5) is 20.6. The summed E-state index contributed by atoms with van der Waals surface area (Å²) in [6.45, 7) is 5.41. The van der Waals surface area contributed by atoms with Gasteiger partial charge in [-0.05, 0) is 25.5 Å². The van der Waals surface area contributed by atoms with Gasteiger partial charge in [-0.15, -0.1) is 0 Å². The van der Waals surface area contributed by atoms with Crippen LogP contribution in [0.1, 0.15) is 27.3 Å². The molecule has 0 fully saturated rings. The minimum atomic E-state index is -0.231. The van der Waals surface area contributed by atoms with Crippen molar-refractivity contribution < 1.29 is 9.53 Å². The highest BCUT2D eigenvalue weighted by molar-refractivity contribution is 5.92. The van der Waals surface area contributed by atoms with Gasteiger partial charge in [-0.25, -0.2) is 9.97 Å². The Hall–Kier alpha value is -2.47. The molecule has 6 nitrogen and oxygen atoms in total. The van der Waals surface area contributed by atoms with E-state index in [1.807, 2.05) is 6.92 Å². The van der Waals surface area contributed by atoms with E-state index in [1.54, 1.807) is 13.2 Å². The van der Waals surface area contributed by atoms with Crippen LogP contribution in [0, 0.1) is 13.8 Å². The van der Waals surface area contributed by atoms with Crippen LogP contribution >= 0.6 is 0 Å². The normalized spacial score (nSPS) is 10.4. The standard InChI is InChI=1S/C17H22N4O2/c1-12-4-6-14(7-5-12)11-19-17-20-13(2)10-15(21-17)16(22)18-8-9-23-3/h4-7,10H,8-9,11H2,1-3H3,(H,18,22)(H,19,20,21). The molecule has 1 aromatic carbocycles. The maximum absolute atomic E-state index is 12.1. The zero-order valence-corrected chi connectivity index (χ0v) is 13.7. The predicted octanol–water partition coefficient (Wildman–Crippen LogP) is 2.08. The van der Waals surface area contributed by atoms with Crippen molar-refractivity contribution in [3.63, 3.8) is 0 Å². The van der Waals surface area contributed by atoms with Crippen LogP contribution in [0.4, 0.5) is 5.95 Å². The molecular formula is C17H22N4O2. The van der Waals surface area contributed by atoms with E-state index in [0.717, 1.165) is 11.3 Å². The molecule has 6 heteroatoms. The van der Waals surface area contributed by atoms with E-state index in [2.05, 4.69) is 51.8 Å². The van der Waals surface area contributed by atoms with Gasteiger partial charge in [-0.3, -0.25) is 4.79 Å². The molecule has 2 N–H and O–H groups in total. The second kappa shape index (κ2) is 8.24. The van der Waals surface area contributed by atoms with Crippen LogP contribution in [0.5, 0.6) is 0 Å². The van der Waals surface area contributed by atoms with Crippen LogP contribution < -0.4 is 10.6 Å². The summed E-state index contributed by atoms with van der Waals surface area (Å²) in [6.07, 6.45) is 0. The first-order chi connectivity index (χ1) is 11.1. The smallest absolute Gasteiger partial charge is 0.270 e. The lowest BCUT2D eigenvalue weighted by molar-refractivity contribution is 0.0932. The second-order valence-electron chi connectivity index (χ2n) is 5.31. The minimum Gasteiger partial charge on any atom is -0.383 e. The Balaban J connectivity index is 2.01. The fraction of sp³-hybridized carbons (Fsp3) is 0.353. The quantitative estimate of drug-likeness (QED) is 0.765. The van der Waals surface area contributed by atoms with Gasteiger partial charge in [0.25, 0.3) is 5.91 Å². The van der Waals surface area contributed by atoms with E-state index in [0.29, 0.717) is 31.3 Å².